The van der Waals surface area contributed by atoms with Gasteiger partial charge in [-0.15, -0.1) is 0 Å². The summed E-state index contributed by atoms with van der Waals surface area (Å²) in [6, 6.07) is 0. The fraction of sp³-hybridized carbons (Fsp3) is 0.933. The Morgan fingerprint density at radius 3 is 1.94 bits per heavy atom. The van der Waals surface area contributed by atoms with Crippen LogP contribution in [0.1, 0.15) is 65.7 Å². The third kappa shape index (κ3) is 2.23. The SMILES string of the molecule is CC(C)(C)C1CCC(C(=O)O)(C2CCC2)CC1. The first-order chi connectivity index (χ1) is 7.86. The van der Waals surface area contributed by atoms with Gasteiger partial charge in [-0.05, 0) is 55.8 Å². The molecule has 2 aliphatic carbocycles. The minimum Gasteiger partial charge on any atom is -0.481 e. The van der Waals surface area contributed by atoms with E-state index in [4.69, 9.17) is 0 Å². The van der Waals surface area contributed by atoms with E-state index in [1.165, 1.54) is 6.42 Å². The molecular weight excluding hydrogens is 212 g/mol. The molecule has 0 amide bonds. The highest BCUT2D eigenvalue weighted by atomic mass is 16.4. The van der Waals surface area contributed by atoms with Gasteiger partial charge in [0.05, 0.1) is 5.41 Å². The molecule has 0 spiro atoms. The Hall–Kier alpha value is -0.530. The zero-order chi connectivity index (χ0) is 12.7. The number of hydrogen-bond donors (Lipinski definition) is 1. The van der Waals surface area contributed by atoms with Crippen molar-refractivity contribution in [3.8, 4) is 0 Å². The lowest BCUT2D eigenvalue weighted by atomic mass is 9.55. The minimum atomic E-state index is -0.519. The molecule has 0 aromatic carbocycles. The lowest BCUT2D eigenvalue weighted by molar-refractivity contribution is -0.160. The van der Waals surface area contributed by atoms with E-state index in [0.29, 0.717) is 17.3 Å². The Bertz CT molecular complexity index is 289. The van der Waals surface area contributed by atoms with Gasteiger partial charge >= 0.3 is 5.97 Å². The summed E-state index contributed by atoms with van der Waals surface area (Å²) in [5.74, 6) is 0.658. The first-order valence-corrected chi connectivity index (χ1v) is 7.10. The Morgan fingerprint density at radius 2 is 1.65 bits per heavy atom. The summed E-state index contributed by atoms with van der Waals surface area (Å²) < 4.78 is 0. The second kappa shape index (κ2) is 4.29. The summed E-state index contributed by atoms with van der Waals surface area (Å²) in [7, 11) is 0. The normalized spacial score (nSPS) is 35.4. The fourth-order valence-corrected chi connectivity index (χ4v) is 3.76. The quantitative estimate of drug-likeness (QED) is 0.786. The molecule has 2 saturated carbocycles. The average molecular weight is 238 g/mol. The van der Waals surface area contributed by atoms with E-state index in [1.807, 2.05) is 0 Å². The Balaban J connectivity index is 2.06. The molecule has 0 heterocycles. The Morgan fingerprint density at radius 1 is 1.12 bits per heavy atom. The van der Waals surface area contributed by atoms with Crippen LogP contribution in [0, 0.1) is 22.7 Å². The van der Waals surface area contributed by atoms with Crippen molar-refractivity contribution < 1.29 is 9.90 Å². The number of carboxylic acid groups (broad SMARTS) is 1. The van der Waals surface area contributed by atoms with Crippen molar-refractivity contribution in [3.63, 3.8) is 0 Å². The highest BCUT2D eigenvalue weighted by molar-refractivity contribution is 5.75. The molecule has 2 nitrogen and oxygen atoms in total. The summed E-state index contributed by atoms with van der Waals surface area (Å²) in [6.07, 6.45) is 7.56. The number of carboxylic acids is 1. The molecule has 0 saturated heterocycles. The van der Waals surface area contributed by atoms with Gasteiger partial charge in [0.1, 0.15) is 0 Å². The summed E-state index contributed by atoms with van der Waals surface area (Å²) in [4.78, 5) is 11.7. The third-order valence-electron chi connectivity index (χ3n) is 5.42. The van der Waals surface area contributed by atoms with Crippen LogP contribution in [0.25, 0.3) is 0 Å². The minimum absolute atomic E-state index is 0.338. The van der Waals surface area contributed by atoms with Crippen LogP contribution in [0.15, 0.2) is 0 Å². The van der Waals surface area contributed by atoms with Gasteiger partial charge in [0, 0.05) is 0 Å². The van der Waals surface area contributed by atoms with Gasteiger partial charge in [-0.25, -0.2) is 0 Å². The number of aliphatic carboxylic acids is 1. The zero-order valence-electron chi connectivity index (χ0n) is 11.5. The summed E-state index contributed by atoms with van der Waals surface area (Å²) >= 11 is 0. The van der Waals surface area contributed by atoms with E-state index in [0.717, 1.165) is 38.5 Å². The molecule has 0 aromatic rings. The van der Waals surface area contributed by atoms with Crippen molar-refractivity contribution >= 4 is 5.97 Å². The average Bonchev–Trinajstić information content (AvgIpc) is 2.13. The molecule has 0 atom stereocenters. The van der Waals surface area contributed by atoms with Crippen molar-refractivity contribution in [2.24, 2.45) is 22.7 Å². The zero-order valence-corrected chi connectivity index (χ0v) is 11.5. The van der Waals surface area contributed by atoms with Crippen LogP contribution in [0.3, 0.4) is 0 Å². The van der Waals surface area contributed by atoms with E-state index in [1.54, 1.807) is 0 Å². The summed E-state index contributed by atoms with van der Waals surface area (Å²) in [5.41, 5.74) is -0.0235. The number of carbonyl (C=O) groups is 1. The molecule has 2 fully saturated rings. The van der Waals surface area contributed by atoms with E-state index >= 15 is 0 Å². The largest absolute Gasteiger partial charge is 0.481 e. The molecule has 0 radical (unpaired) electrons. The van der Waals surface area contributed by atoms with E-state index in [9.17, 15) is 9.90 Å². The lowest BCUT2D eigenvalue weighted by Gasteiger charge is -2.48. The van der Waals surface area contributed by atoms with Crippen LogP contribution >= 0.6 is 0 Å². The maximum Gasteiger partial charge on any atom is 0.309 e. The van der Waals surface area contributed by atoms with Crippen LogP contribution in [0.4, 0.5) is 0 Å². The molecule has 0 aromatic heterocycles. The van der Waals surface area contributed by atoms with Gasteiger partial charge in [0.25, 0.3) is 0 Å². The smallest absolute Gasteiger partial charge is 0.309 e. The van der Waals surface area contributed by atoms with Crippen LogP contribution < -0.4 is 0 Å². The van der Waals surface area contributed by atoms with Crippen molar-refractivity contribution in [3.05, 3.63) is 0 Å². The number of hydrogen-bond acceptors (Lipinski definition) is 1. The Labute approximate surface area is 105 Å². The van der Waals surface area contributed by atoms with Gasteiger partial charge in [-0.2, -0.15) is 0 Å². The van der Waals surface area contributed by atoms with Crippen LogP contribution in [-0.4, -0.2) is 11.1 Å². The molecular formula is C15H26O2. The second-order valence-corrected chi connectivity index (χ2v) is 7.23. The molecule has 98 valence electrons. The van der Waals surface area contributed by atoms with Gasteiger partial charge in [-0.1, -0.05) is 27.2 Å². The van der Waals surface area contributed by atoms with Crippen molar-refractivity contribution in [2.45, 2.75) is 65.7 Å². The molecule has 2 aliphatic rings. The predicted octanol–water partition coefficient (Wildman–Crippen LogP) is 4.09. The fourth-order valence-electron chi connectivity index (χ4n) is 3.76. The first kappa shape index (κ1) is 12.9. The maximum absolute atomic E-state index is 11.7. The molecule has 0 aliphatic heterocycles. The first-order valence-electron chi connectivity index (χ1n) is 7.10. The van der Waals surface area contributed by atoms with Crippen molar-refractivity contribution in [1.82, 2.24) is 0 Å². The topological polar surface area (TPSA) is 37.3 Å². The van der Waals surface area contributed by atoms with E-state index < -0.39 is 5.97 Å². The summed E-state index contributed by atoms with van der Waals surface area (Å²) in [5, 5.41) is 9.61. The van der Waals surface area contributed by atoms with Crippen LogP contribution in [-0.2, 0) is 4.79 Å². The second-order valence-electron chi connectivity index (χ2n) is 7.23. The molecule has 2 rings (SSSR count). The molecule has 0 bridgehead atoms. The molecule has 1 N–H and O–H groups in total. The number of rotatable bonds is 2. The maximum atomic E-state index is 11.7. The molecule has 2 heteroatoms. The monoisotopic (exact) mass is 238 g/mol. The molecule has 17 heavy (non-hydrogen) atoms. The van der Waals surface area contributed by atoms with E-state index in [-0.39, 0.29) is 5.41 Å². The molecule has 0 unspecified atom stereocenters. The van der Waals surface area contributed by atoms with Crippen LogP contribution in [0.5, 0.6) is 0 Å². The highest BCUT2D eigenvalue weighted by Crippen LogP contribution is 2.54. The van der Waals surface area contributed by atoms with Gasteiger partial charge in [-0.3, -0.25) is 4.79 Å². The predicted molar refractivity (Wildman–Crippen MR) is 68.8 cm³/mol. The highest BCUT2D eigenvalue weighted by Gasteiger charge is 2.50. The van der Waals surface area contributed by atoms with E-state index in [2.05, 4.69) is 20.8 Å². The van der Waals surface area contributed by atoms with Gasteiger partial charge in [0.2, 0.25) is 0 Å². The standard InChI is InChI=1S/C15H26O2/c1-14(2,3)11-7-9-15(10-8-11,13(16)17)12-5-4-6-12/h11-12H,4-10H2,1-3H3,(H,16,17). The van der Waals surface area contributed by atoms with Gasteiger partial charge < -0.3 is 5.11 Å². The van der Waals surface area contributed by atoms with Crippen LogP contribution in [0.2, 0.25) is 0 Å². The lowest BCUT2D eigenvalue weighted by Crippen LogP contribution is -2.45. The Kier molecular flexibility index (Phi) is 3.26. The third-order valence-corrected chi connectivity index (χ3v) is 5.42. The van der Waals surface area contributed by atoms with Crippen molar-refractivity contribution in [2.75, 3.05) is 0 Å². The summed E-state index contributed by atoms with van der Waals surface area (Å²) in [6.45, 7) is 6.86. The van der Waals surface area contributed by atoms with Crippen molar-refractivity contribution in [1.29, 1.82) is 0 Å². The van der Waals surface area contributed by atoms with Gasteiger partial charge in [0.15, 0.2) is 0 Å².